The van der Waals surface area contributed by atoms with Gasteiger partial charge >= 0.3 is 11.9 Å². The summed E-state index contributed by atoms with van der Waals surface area (Å²) in [5, 5.41) is 39.8. The van der Waals surface area contributed by atoms with E-state index in [-0.39, 0.29) is 63.1 Å². The molecule has 1 aromatic carbocycles. The minimum absolute atomic E-state index is 0.00136. The van der Waals surface area contributed by atoms with Crippen molar-refractivity contribution in [1.29, 1.82) is 0 Å². The van der Waals surface area contributed by atoms with Gasteiger partial charge in [-0.15, -0.1) is 0 Å². The lowest BCUT2D eigenvalue weighted by Crippen LogP contribution is -2.61. The smallest absolute Gasteiger partial charge is 0.335 e. The van der Waals surface area contributed by atoms with Crippen molar-refractivity contribution in [3.05, 3.63) is 35.9 Å². The number of benzene rings is 1. The maximum atomic E-state index is 12.3. The summed E-state index contributed by atoms with van der Waals surface area (Å²) in [7, 11) is 0. The second-order valence-corrected chi connectivity index (χ2v) is 11.5. The number of Topliss-reactive ketones (excluding diaryl/α,β-unsaturated/α-hetero) is 1. The van der Waals surface area contributed by atoms with Crippen molar-refractivity contribution in [2.75, 3.05) is 26.4 Å². The van der Waals surface area contributed by atoms with Crippen molar-refractivity contribution in [3.8, 4) is 11.5 Å². The molecule has 45 heavy (non-hydrogen) atoms. The number of imide groups is 1. The van der Waals surface area contributed by atoms with Crippen LogP contribution in [0.1, 0.15) is 45.6 Å². The fourth-order valence-electron chi connectivity index (χ4n) is 4.19. The van der Waals surface area contributed by atoms with Gasteiger partial charge in [-0.1, -0.05) is 0 Å². The molecule has 2 aliphatic heterocycles. The molecule has 1 saturated heterocycles. The van der Waals surface area contributed by atoms with Crippen molar-refractivity contribution >= 4 is 29.5 Å². The van der Waals surface area contributed by atoms with E-state index in [4.69, 9.17) is 23.7 Å². The van der Waals surface area contributed by atoms with Crippen LogP contribution in [0.25, 0.3) is 0 Å². The number of hydrogen-bond acceptors (Lipinski definition) is 13. The van der Waals surface area contributed by atoms with E-state index in [0.29, 0.717) is 12.0 Å². The molecule has 15 nitrogen and oxygen atoms in total. The first kappa shape index (κ1) is 35.6. The normalized spacial score (nSPS) is 23.2. The van der Waals surface area contributed by atoms with Gasteiger partial charge in [-0.05, 0) is 39.3 Å². The number of nitrogens with zero attached hydrogens (tertiary/aromatic N) is 1. The molecule has 0 spiro atoms. The van der Waals surface area contributed by atoms with Crippen molar-refractivity contribution in [3.63, 3.8) is 0 Å². The number of aliphatic hydroxyl groups excluding tert-OH is 3. The monoisotopic (exact) mass is 637 g/mol. The molecule has 0 radical (unpaired) electrons. The highest BCUT2D eigenvalue weighted by atomic mass is 16.7. The number of carboxylic acid groups (broad SMARTS) is 1. The lowest BCUT2D eigenvalue weighted by Gasteiger charge is -2.38. The molecule has 5 atom stereocenters. The Morgan fingerprint density at radius 1 is 0.933 bits per heavy atom. The molecule has 0 unspecified atom stereocenters. The molecular formula is C30H39NO14. The van der Waals surface area contributed by atoms with E-state index in [0.717, 1.165) is 4.90 Å². The SMILES string of the molecule is CC(C)(C)C(=O)OCc1ccc(OCCOCCCC(=O)CCN2C(=O)C=CC2=O)cc1O[C@@H]1O[C@H](C(=O)O)[C@@H](O)[C@H](O)[C@H]1O. The summed E-state index contributed by atoms with van der Waals surface area (Å²) in [6.07, 6.45) is -6.12. The summed E-state index contributed by atoms with van der Waals surface area (Å²) in [6.45, 7) is 5.33. The summed E-state index contributed by atoms with van der Waals surface area (Å²) in [6, 6.07) is 4.49. The first-order valence-corrected chi connectivity index (χ1v) is 14.3. The number of amides is 2. The minimum atomic E-state index is -1.90. The van der Waals surface area contributed by atoms with E-state index in [1.54, 1.807) is 26.8 Å². The molecule has 1 aromatic rings. The largest absolute Gasteiger partial charge is 0.491 e. The molecule has 0 aliphatic carbocycles. The van der Waals surface area contributed by atoms with Crippen LogP contribution in [0.2, 0.25) is 0 Å². The van der Waals surface area contributed by atoms with Gasteiger partial charge in [-0.2, -0.15) is 0 Å². The van der Waals surface area contributed by atoms with Crippen molar-refractivity contribution < 1.29 is 68.1 Å². The fourth-order valence-corrected chi connectivity index (χ4v) is 4.19. The highest BCUT2D eigenvalue weighted by Crippen LogP contribution is 2.31. The molecule has 0 aromatic heterocycles. The standard InChI is InChI=1S/C30H39NO14/c1-30(2,3)29(40)43-16-17-6-7-19(15-20(17)44-28-25(37)23(35)24(36)26(45-28)27(38)39)42-14-13-41-12-4-5-18(32)10-11-31-21(33)8-9-22(31)34/h6-9,15,23-26,28,35-37H,4-5,10-14,16H2,1-3H3,(H,38,39)/t23-,24-,25+,26-,28+/m0/s1. The summed E-state index contributed by atoms with van der Waals surface area (Å²) >= 11 is 0. The first-order valence-electron chi connectivity index (χ1n) is 14.3. The fraction of sp³-hybridized carbons (Fsp3) is 0.567. The zero-order valence-corrected chi connectivity index (χ0v) is 25.2. The van der Waals surface area contributed by atoms with Crippen LogP contribution in [0.4, 0.5) is 0 Å². The molecular weight excluding hydrogens is 598 g/mol. The molecule has 4 N–H and O–H groups in total. The zero-order chi connectivity index (χ0) is 33.3. The van der Waals surface area contributed by atoms with E-state index in [1.165, 1.54) is 24.3 Å². The van der Waals surface area contributed by atoms with Gasteiger partial charge in [-0.25, -0.2) is 4.79 Å². The molecule has 1 fully saturated rings. The van der Waals surface area contributed by atoms with Crippen LogP contribution < -0.4 is 9.47 Å². The Bertz CT molecular complexity index is 1250. The third-order valence-electron chi connectivity index (χ3n) is 6.82. The quantitative estimate of drug-likeness (QED) is 0.108. The van der Waals surface area contributed by atoms with Gasteiger partial charge in [0.15, 0.2) is 6.10 Å². The summed E-state index contributed by atoms with van der Waals surface area (Å²) in [4.78, 5) is 59.9. The average Bonchev–Trinajstić information content (AvgIpc) is 3.30. The molecule has 3 rings (SSSR count). The van der Waals surface area contributed by atoms with Crippen molar-refractivity contribution in [1.82, 2.24) is 4.90 Å². The van der Waals surface area contributed by atoms with Crippen LogP contribution in [0, 0.1) is 5.41 Å². The topological polar surface area (TPSA) is 216 Å². The van der Waals surface area contributed by atoms with Crippen LogP contribution in [0.15, 0.2) is 30.4 Å². The van der Waals surface area contributed by atoms with Gasteiger partial charge in [-0.3, -0.25) is 24.1 Å². The number of hydrogen-bond donors (Lipinski definition) is 4. The minimum Gasteiger partial charge on any atom is -0.491 e. The van der Waals surface area contributed by atoms with E-state index < -0.39 is 59.9 Å². The average molecular weight is 638 g/mol. The van der Waals surface area contributed by atoms with E-state index >= 15 is 0 Å². The van der Waals surface area contributed by atoms with Gasteiger partial charge in [0.05, 0.1) is 12.0 Å². The highest BCUT2D eigenvalue weighted by Gasteiger charge is 2.48. The second kappa shape index (κ2) is 15.9. The van der Waals surface area contributed by atoms with Crippen LogP contribution >= 0.6 is 0 Å². The lowest BCUT2D eigenvalue weighted by molar-refractivity contribution is -0.271. The Hall–Kier alpha value is -3.89. The van der Waals surface area contributed by atoms with E-state index in [9.17, 15) is 44.4 Å². The third-order valence-corrected chi connectivity index (χ3v) is 6.82. The molecule has 15 heteroatoms. The summed E-state index contributed by atoms with van der Waals surface area (Å²) in [5.41, 5.74) is -0.472. The van der Waals surface area contributed by atoms with Crippen molar-refractivity contribution in [2.45, 2.75) is 77.3 Å². The van der Waals surface area contributed by atoms with Crippen LogP contribution in [0.5, 0.6) is 11.5 Å². The Labute approximate surface area is 259 Å². The highest BCUT2D eigenvalue weighted by molar-refractivity contribution is 6.13. The Balaban J connectivity index is 1.52. The Kier molecular flexibility index (Phi) is 12.6. The van der Waals surface area contributed by atoms with Gasteiger partial charge < -0.3 is 44.1 Å². The molecule has 2 heterocycles. The number of carbonyl (C=O) groups is 5. The van der Waals surface area contributed by atoms with E-state index in [2.05, 4.69) is 0 Å². The van der Waals surface area contributed by atoms with Crippen molar-refractivity contribution in [2.24, 2.45) is 5.41 Å². The predicted octanol–water partition coefficient (Wildman–Crippen LogP) is 0.107. The number of ether oxygens (including phenoxy) is 5. The van der Waals surface area contributed by atoms with Crippen LogP contribution in [-0.2, 0) is 44.8 Å². The number of carboxylic acids is 1. The maximum Gasteiger partial charge on any atom is 0.335 e. The van der Waals surface area contributed by atoms with Gasteiger partial charge in [0.1, 0.15) is 48.8 Å². The molecule has 2 aliphatic rings. The Morgan fingerprint density at radius 3 is 2.27 bits per heavy atom. The number of rotatable bonds is 16. The van der Waals surface area contributed by atoms with Gasteiger partial charge in [0.25, 0.3) is 11.8 Å². The van der Waals surface area contributed by atoms with Gasteiger partial charge in [0.2, 0.25) is 6.29 Å². The van der Waals surface area contributed by atoms with Crippen LogP contribution in [-0.4, -0.2) is 112 Å². The number of carbonyl (C=O) groups excluding carboxylic acids is 4. The zero-order valence-electron chi connectivity index (χ0n) is 25.2. The summed E-state index contributed by atoms with van der Waals surface area (Å²) in [5.74, 6) is -2.77. The third kappa shape index (κ3) is 10.1. The second-order valence-electron chi connectivity index (χ2n) is 11.5. The summed E-state index contributed by atoms with van der Waals surface area (Å²) < 4.78 is 27.5. The van der Waals surface area contributed by atoms with E-state index in [1.807, 2.05) is 0 Å². The predicted molar refractivity (Wildman–Crippen MR) is 152 cm³/mol. The number of esters is 1. The van der Waals surface area contributed by atoms with Gasteiger partial charge in [0, 0.05) is 49.8 Å². The molecule has 248 valence electrons. The number of ketones is 1. The van der Waals surface area contributed by atoms with Crippen LogP contribution in [0.3, 0.4) is 0 Å². The Morgan fingerprint density at radius 2 is 1.62 bits per heavy atom. The maximum absolute atomic E-state index is 12.3. The molecule has 2 amide bonds. The number of aliphatic hydroxyl groups is 3. The first-order chi connectivity index (χ1) is 21.2. The lowest BCUT2D eigenvalue weighted by atomic mass is 9.97. The molecule has 0 saturated carbocycles. The number of aliphatic carboxylic acids is 1. The molecule has 0 bridgehead atoms.